The third kappa shape index (κ3) is 2.91. The molecule has 0 aromatic carbocycles. The van der Waals surface area contributed by atoms with Crippen LogP contribution in [0.25, 0.3) is 0 Å². The summed E-state index contributed by atoms with van der Waals surface area (Å²) >= 11 is 0. The maximum absolute atomic E-state index is 3.96. The Morgan fingerprint density at radius 3 is 2.50 bits per heavy atom. The zero-order valence-electron chi connectivity index (χ0n) is 16.1. The van der Waals surface area contributed by atoms with Gasteiger partial charge in [-0.2, -0.15) is 0 Å². The zero-order valence-corrected chi connectivity index (χ0v) is 16.1. The molecule has 2 unspecified atom stereocenters. The smallest absolute Gasteiger partial charge is 0.0545 e. The van der Waals surface area contributed by atoms with E-state index < -0.39 is 0 Å². The molecule has 1 fully saturated rings. The second-order valence-corrected chi connectivity index (χ2v) is 8.12. The van der Waals surface area contributed by atoms with E-state index in [2.05, 4.69) is 57.3 Å². The Morgan fingerprint density at radius 2 is 1.83 bits per heavy atom. The van der Waals surface area contributed by atoms with Gasteiger partial charge in [0.25, 0.3) is 0 Å². The number of allylic oxidation sites excluding steroid dienone is 5. The molecular weight excluding hydrogens is 290 g/mol. The van der Waals surface area contributed by atoms with Gasteiger partial charge in [0, 0.05) is 17.0 Å². The summed E-state index contributed by atoms with van der Waals surface area (Å²) in [5.41, 5.74) is 6.58. The van der Waals surface area contributed by atoms with Crippen molar-refractivity contribution in [3.63, 3.8) is 0 Å². The zero-order chi connectivity index (χ0) is 17.2. The van der Waals surface area contributed by atoms with Crippen molar-refractivity contribution < 1.29 is 0 Å². The van der Waals surface area contributed by atoms with Crippen LogP contribution in [0.15, 0.2) is 46.7 Å². The molecule has 0 bridgehead atoms. The molecule has 132 valence electrons. The number of nitrogens with one attached hydrogen (secondary N) is 1. The van der Waals surface area contributed by atoms with Crippen molar-refractivity contribution in [1.29, 1.82) is 0 Å². The summed E-state index contributed by atoms with van der Waals surface area (Å²) in [5.74, 6) is 0.612. The Labute approximate surface area is 149 Å². The van der Waals surface area contributed by atoms with E-state index >= 15 is 0 Å². The van der Waals surface area contributed by atoms with Crippen LogP contribution < -0.4 is 5.32 Å². The fourth-order valence-corrected chi connectivity index (χ4v) is 5.12. The Morgan fingerprint density at radius 1 is 1.12 bits per heavy atom. The molecule has 1 saturated heterocycles. The van der Waals surface area contributed by atoms with Crippen LogP contribution in [-0.4, -0.2) is 6.04 Å². The van der Waals surface area contributed by atoms with Crippen LogP contribution in [0.2, 0.25) is 0 Å². The summed E-state index contributed by atoms with van der Waals surface area (Å²) in [6.07, 6.45) is 20.1. The molecule has 1 heteroatoms. The van der Waals surface area contributed by atoms with Crippen LogP contribution in [0.5, 0.6) is 0 Å². The van der Waals surface area contributed by atoms with Crippen LogP contribution >= 0.6 is 0 Å². The average molecular weight is 326 g/mol. The van der Waals surface area contributed by atoms with Gasteiger partial charge in [-0.05, 0) is 50.7 Å². The van der Waals surface area contributed by atoms with Crippen molar-refractivity contribution in [2.75, 3.05) is 0 Å². The number of piperidine rings is 1. The summed E-state index contributed by atoms with van der Waals surface area (Å²) in [6.45, 7) is 9.33. The number of unbranched alkanes of at least 4 members (excludes halogenated alkanes) is 2. The average Bonchev–Trinajstić information content (AvgIpc) is 2.59. The summed E-state index contributed by atoms with van der Waals surface area (Å²) in [7, 11) is 0. The first kappa shape index (κ1) is 17.6. The minimum absolute atomic E-state index is 0.338. The predicted molar refractivity (Wildman–Crippen MR) is 105 cm³/mol. The van der Waals surface area contributed by atoms with E-state index in [1.807, 2.05) is 0 Å². The predicted octanol–water partition coefficient (Wildman–Crippen LogP) is 6.45. The van der Waals surface area contributed by atoms with E-state index in [1.54, 1.807) is 11.1 Å². The highest BCUT2D eigenvalue weighted by Gasteiger charge is 2.49. The highest BCUT2D eigenvalue weighted by atomic mass is 15.0. The molecule has 0 saturated carbocycles. The Hall–Kier alpha value is -1.24. The first-order valence-corrected chi connectivity index (χ1v) is 10.2. The van der Waals surface area contributed by atoms with Crippen LogP contribution in [0, 0.1) is 11.3 Å². The lowest BCUT2D eigenvalue weighted by Crippen LogP contribution is -2.53. The normalized spacial score (nSPS) is 27.8. The number of fused-ring (bicyclic) bond motifs is 2. The highest BCUT2D eigenvalue weighted by molar-refractivity contribution is 5.49. The quantitative estimate of drug-likeness (QED) is 0.591. The molecule has 0 radical (unpaired) electrons. The van der Waals surface area contributed by atoms with Gasteiger partial charge in [-0.25, -0.2) is 0 Å². The topological polar surface area (TPSA) is 12.0 Å². The van der Waals surface area contributed by atoms with Crippen molar-refractivity contribution in [3.05, 3.63) is 46.7 Å². The summed E-state index contributed by atoms with van der Waals surface area (Å²) in [4.78, 5) is 0. The van der Waals surface area contributed by atoms with Crippen molar-refractivity contribution in [2.45, 2.75) is 85.1 Å². The van der Waals surface area contributed by atoms with E-state index in [4.69, 9.17) is 0 Å². The number of hydrogen-bond donors (Lipinski definition) is 1. The molecule has 2 atom stereocenters. The van der Waals surface area contributed by atoms with E-state index in [9.17, 15) is 0 Å². The largest absolute Gasteiger partial charge is 0.378 e. The molecule has 2 aliphatic carbocycles. The van der Waals surface area contributed by atoms with Crippen LogP contribution in [0.4, 0.5) is 0 Å². The van der Waals surface area contributed by atoms with Crippen molar-refractivity contribution in [3.8, 4) is 0 Å². The van der Waals surface area contributed by atoms with Crippen molar-refractivity contribution >= 4 is 0 Å². The molecule has 0 amide bonds. The van der Waals surface area contributed by atoms with Gasteiger partial charge in [0.05, 0.1) is 6.04 Å². The van der Waals surface area contributed by atoms with Gasteiger partial charge < -0.3 is 5.32 Å². The second kappa shape index (κ2) is 7.33. The maximum atomic E-state index is 3.96. The molecule has 24 heavy (non-hydrogen) atoms. The van der Waals surface area contributed by atoms with Crippen LogP contribution in [0.1, 0.15) is 79.1 Å². The Kier molecular flexibility index (Phi) is 5.37. The lowest BCUT2D eigenvalue weighted by atomic mass is 9.56. The molecule has 1 N–H and O–H groups in total. The molecular formula is C23H35N. The summed E-state index contributed by atoms with van der Waals surface area (Å²) < 4.78 is 0. The van der Waals surface area contributed by atoms with Gasteiger partial charge in [-0.15, -0.1) is 0 Å². The van der Waals surface area contributed by atoms with Crippen LogP contribution in [-0.2, 0) is 0 Å². The van der Waals surface area contributed by atoms with Crippen molar-refractivity contribution in [2.24, 2.45) is 11.3 Å². The fourth-order valence-electron chi connectivity index (χ4n) is 5.12. The monoisotopic (exact) mass is 325 g/mol. The minimum Gasteiger partial charge on any atom is -0.378 e. The van der Waals surface area contributed by atoms with Gasteiger partial charge in [-0.3, -0.25) is 0 Å². The molecule has 1 aliphatic heterocycles. The minimum atomic E-state index is 0.338. The van der Waals surface area contributed by atoms with Gasteiger partial charge in [0.2, 0.25) is 0 Å². The first-order valence-electron chi connectivity index (χ1n) is 10.2. The molecule has 1 heterocycles. The molecule has 1 nitrogen and oxygen atoms in total. The Bertz CT molecular complexity index is 579. The number of rotatable bonds is 6. The van der Waals surface area contributed by atoms with Crippen LogP contribution in [0.3, 0.4) is 0 Å². The summed E-state index contributed by atoms with van der Waals surface area (Å²) in [6, 6.07) is 0.490. The Balaban J connectivity index is 2.10. The van der Waals surface area contributed by atoms with E-state index in [1.165, 1.54) is 62.6 Å². The van der Waals surface area contributed by atoms with Gasteiger partial charge in [0.15, 0.2) is 0 Å². The molecule has 0 aromatic rings. The standard InChI is InChI=1S/C23H35N/c1-5-7-15-23(16-8-6-2)19-13-9-11-17(3)21(19)24-22-18(4)12-10-14-20(22)23/h9,11,13-14,19,21,24H,5-8,10,12,15-16H2,1-4H3. The molecule has 0 spiro atoms. The van der Waals surface area contributed by atoms with E-state index in [0.717, 1.165) is 0 Å². The number of hydrogen-bond acceptors (Lipinski definition) is 1. The third-order valence-corrected chi connectivity index (χ3v) is 6.52. The maximum Gasteiger partial charge on any atom is 0.0545 e. The summed E-state index contributed by atoms with van der Waals surface area (Å²) in [5, 5.41) is 3.96. The van der Waals surface area contributed by atoms with Crippen molar-refractivity contribution in [1.82, 2.24) is 5.32 Å². The lowest BCUT2D eigenvalue weighted by Gasteiger charge is -2.53. The molecule has 3 rings (SSSR count). The van der Waals surface area contributed by atoms with Gasteiger partial charge in [0.1, 0.15) is 0 Å². The third-order valence-electron chi connectivity index (χ3n) is 6.52. The first-order chi connectivity index (χ1) is 11.6. The van der Waals surface area contributed by atoms with Gasteiger partial charge in [-0.1, -0.05) is 69.4 Å². The molecule has 0 aromatic heterocycles. The van der Waals surface area contributed by atoms with E-state index in [0.29, 0.717) is 17.4 Å². The molecule has 3 aliphatic rings. The van der Waals surface area contributed by atoms with E-state index in [-0.39, 0.29) is 0 Å². The highest BCUT2D eigenvalue weighted by Crippen LogP contribution is 2.55. The SMILES string of the molecule is CCCCC1(CCCC)C2=CCCC(C)=C2NC2C(C)=CC=CC21. The lowest BCUT2D eigenvalue weighted by molar-refractivity contribution is 0.155. The second-order valence-electron chi connectivity index (χ2n) is 8.12. The fraction of sp³-hybridized carbons (Fsp3) is 0.652. The van der Waals surface area contributed by atoms with Gasteiger partial charge >= 0.3 is 0 Å².